The Bertz CT molecular complexity index is 452. The van der Waals surface area contributed by atoms with E-state index in [1.807, 2.05) is 38.1 Å². The van der Waals surface area contributed by atoms with Gasteiger partial charge in [-0.2, -0.15) is 0 Å². The van der Waals surface area contributed by atoms with Crippen LogP contribution in [0, 0.1) is 5.92 Å². The molecule has 4 heteroatoms. The average molecular weight is 290 g/mol. The first-order valence-electron chi connectivity index (χ1n) is 7.69. The first-order valence-corrected chi connectivity index (χ1v) is 7.69. The van der Waals surface area contributed by atoms with Gasteiger partial charge in [0.15, 0.2) is 0 Å². The van der Waals surface area contributed by atoms with Gasteiger partial charge in [0, 0.05) is 24.6 Å². The first-order chi connectivity index (χ1) is 10.0. The summed E-state index contributed by atoms with van der Waals surface area (Å²) in [4.78, 5) is 23.2. The Morgan fingerprint density at radius 3 is 2.33 bits per heavy atom. The van der Waals surface area contributed by atoms with E-state index in [0.29, 0.717) is 13.0 Å². The van der Waals surface area contributed by atoms with Gasteiger partial charge in [0.1, 0.15) is 0 Å². The van der Waals surface area contributed by atoms with E-state index in [1.54, 1.807) is 0 Å². The lowest BCUT2D eigenvalue weighted by atomic mass is 10.1. The third kappa shape index (κ3) is 6.93. The lowest BCUT2D eigenvalue weighted by Crippen LogP contribution is -2.22. The van der Waals surface area contributed by atoms with Crippen molar-refractivity contribution in [3.63, 3.8) is 0 Å². The maximum atomic E-state index is 11.6. The van der Waals surface area contributed by atoms with Crippen LogP contribution in [-0.2, 0) is 16.1 Å². The fourth-order valence-electron chi connectivity index (χ4n) is 1.82. The standard InChI is InChI=1S/C17H26N2O2/c1-4-5-6-7-16(20)18-12-14-8-10-15(11-9-14)19-17(21)13(2)3/h8-11,13H,4-7,12H2,1-3H3,(H,18,20)(H,19,21). The van der Waals surface area contributed by atoms with Crippen molar-refractivity contribution in [2.24, 2.45) is 5.92 Å². The normalized spacial score (nSPS) is 10.5. The van der Waals surface area contributed by atoms with Crippen LogP contribution < -0.4 is 10.6 Å². The van der Waals surface area contributed by atoms with Crippen LogP contribution in [0.3, 0.4) is 0 Å². The number of hydrogen-bond donors (Lipinski definition) is 2. The molecule has 1 rings (SSSR count). The number of benzene rings is 1. The van der Waals surface area contributed by atoms with Gasteiger partial charge < -0.3 is 10.6 Å². The molecule has 1 aromatic carbocycles. The molecule has 2 N–H and O–H groups in total. The molecule has 0 fully saturated rings. The van der Waals surface area contributed by atoms with E-state index in [2.05, 4.69) is 17.6 Å². The lowest BCUT2D eigenvalue weighted by molar-refractivity contribution is -0.121. The van der Waals surface area contributed by atoms with Gasteiger partial charge in [0.25, 0.3) is 0 Å². The van der Waals surface area contributed by atoms with Crippen molar-refractivity contribution in [2.75, 3.05) is 5.32 Å². The van der Waals surface area contributed by atoms with Gasteiger partial charge >= 0.3 is 0 Å². The Labute approximate surface area is 127 Å². The Morgan fingerprint density at radius 1 is 1.10 bits per heavy atom. The minimum atomic E-state index is -0.0351. The van der Waals surface area contributed by atoms with Crippen LogP contribution in [0.4, 0.5) is 5.69 Å². The van der Waals surface area contributed by atoms with Gasteiger partial charge in [-0.15, -0.1) is 0 Å². The van der Waals surface area contributed by atoms with E-state index in [-0.39, 0.29) is 17.7 Å². The van der Waals surface area contributed by atoms with E-state index < -0.39 is 0 Å². The van der Waals surface area contributed by atoms with Crippen molar-refractivity contribution in [3.05, 3.63) is 29.8 Å². The molecule has 21 heavy (non-hydrogen) atoms. The zero-order valence-electron chi connectivity index (χ0n) is 13.2. The van der Waals surface area contributed by atoms with E-state index in [1.165, 1.54) is 0 Å². The molecule has 0 aliphatic carbocycles. The number of amides is 2. The zero-order valence-corrected chi connectivity index (χ0v) is 13.2. The topological polar surface area (TPSA) is 58.2 Å². The average Bonchev–Trinajstić information content (AvgIpc) is 2.46. The fraction of sp³-hybridized carbons (Fsp3) is 0.529. The minimum absolute atomic E-state index is 0.00646. The highest BCUT2D eigenvalue weighted by Gasteiger charge is 2.07. The summed E-state index contributed by atoms with van der Waals surface area (Å²) in [6.07, 6.45) is 3.76. The first kappa shape index (κ1) is 17.2. The van der Waals surface area contributed by atoms with Crippen molar-refractivity contribution < 1.29 is 9.59 Å². The SMILES string of the molecule is CCCCCC(=O)NCc1ccc(NC(=O)C(C)C)cc1. The molecule has 1 aromatic rings. The fourth-order valence-corrected chi connectivity index (χ4v) is 1.82. The van der Waals surface area contributed by atoms with Crippen LogP contribution in [0.15, 0.2) is 24.3 Å². The molecule has 0 aliphatic heterocycles. The minimum Gasteiger partial charge on any atom is -0.352 e. The van der Waals surface area contributed by atoms with Crippen LogP contribution in [0.5, 0.6) is 0 Å². The molecule has 116 valence electrons. The van der Waals surface area contributed by atoms with E-state index in [0.717, 1.165) is 30.5 Å². The molecule has 0 radical (unpaired) electrons. The molecular weight excluding hydrogens is 264 g/mol. The Hall–Kier alpha value is -1.84. The summed E-state index contributed by atoms with van der Waals surface area (Å²) >= 11 is 0. The predicted octanol–water partition coefficient (Wildman–Crippen LogP) is 3.48. The maximum Gasteiger partial charge on any atom is 0.226 e. The monoisotopic (exact) mass is 290 g/mol. The number of anilines is 1. The van der Waals surface area contributed by atoms with Crippen LogP contribution in [0.25, 0.3) is 0 Å². The molecule has 2 amide bonds. The van der Waals surface area contributed by atoms with Gasteiger partial charge in [-0.05, 0) is 24.1 Å². The van der Waals surface area contributed by atoms with Gasteiger partial charge in [0.2, 0.25) is 11.8 Å². The molecule has 0 unspecified atom stereocenters. The van der Waals surface area contributed by atoms with Gasteiger partial charge in [-0.1, -0.05) is 45.7 Å². The second kappa shape index (κ2) is 9.16. The second-order valence-corrected chi connectivity index (χ2v) is 5.57. The van der Waals surface area contributed by atoms with Crippen molar-refractivity contribution >= 4 is 17.5 Å². The summed E-state index contributed by atoms with van der Waals surface area (Å²) in [7, 11) is 0. The summed E-state index contributed by atoms with van der Waals surface area (Å²) < 4.78 is 0. The van der Waals surface area contributed by atoms with E-state index in [4.69, 9.17) is 0 Å². The number of unbranched alkanes of at least 4 members (excludes halogenated alkanes) is 2. The van der Waals surface area contributed by atoms with Crippen LogP contribution in [0.2, 0.25) is 0 Å². The van der Waals surface area contributed by atoms with Gasteiger partial charge in [-0.3, -0.25) is 9.59 Å². The number of carbonyl (C=O) groups is 2. The molecule has 0 aromatic heterocycles. The van der Waals surface area contributed by atoms with Crippen LogP contribution in [0.1, 0.15) is 52.0 Å². The largest absolute Gasteiger partial charge is 0.352 e. The zero-order chi connectivity index (χ0) is 15.7. The molecule has 0 bridgehead atoms. The van der Waals surface area contributed by atoms with Crippen LogP contribution >= 0.6 is 0 Å². The third-order valence-corrected chi connectivity index (χ3v) is 3.24. The number of hydrogen-bond acceptors (Lipinski definition) is 2. The highest BCUT2D eigenvalue weighted by molar-refractivity contribution is 5.92. The molecule has 0 spiro atoms. The Kier molecular flexibility index (Phi) is 7.51. The molecule has 0 heterocycles. The Balaban J connectivity index is 2.37. The van der Waals surface area contributed by atoms with Gasteiger partial charge in [0.05, 0.1) is 0 Å². The van der Waals surface area contributed by atoms with Crippen molar-refractivity contribution in [1.29, 1.82) is 0 Å². The number of nitrogens with one attached hydrogen (secondary N) is 2. The van der Waals surface area contributed by atoms with Crippen molar-refractivity contribution in [1.82, 2.24) is 5.32 Å². The Morgan fingerprint density at radius 2 is 1.76 bits per heavy atom. The smallest absolute Gasteiger partial charge is 0.226 e. The number of rotatable bonds is 8. The maximum absolute atomic E-state index is 11.6. The highest BCUT2D eigenvalue weighted by atomic mass is 16.2. The second-order valence-electron chi connectivity index (χ2n) is 5.57. The quantitative estimate of drug-likeness (QED) is 0.720. The van der Waals surface area contributed by atoms with Crippen LogP contribution in [-0.4, -0.2) is 11.8 Å². The van der Waals surface area contributed by atoms with E-state index in [9.17, 15) is 9.59 Å². The summed E-state index contributed by atoms with van der Waals surface area (Å²) in [5, 5.41) is 5.75. The molecule has 4 nitrogen and oxygen atoms in total. The van der Waals surface area contributed by atoms with E-state index >= 15 is 0 Å². The van der Waals surface area contributed by atoms with Crippen molar-refractivity contribution in [3.8, 4) is 0 Å². The molecule has 0 aliphatic rings. The summed E-state index contributed by atoms with van der Waals surface area (Å²) in [6, 6.07) is 7.56. The number of carbonyl (C=O) groups excluding carboxylic acids is 2. The molecular formula is C17H26N2O2. The summed E-state index contributed by atoms with van der Waals surface area (Å²) in [5.41, 5.74) is 1.81. The van der Waals surface area contributed by atoms with Crippen molar-refractivity contribution in [2.45, 2.75) is 53.0 Å². The summed E-state index contributed by atoms with van der Waals surface area (Å²) in [5.74, 6) is 0.0692. The molecule has 0 saturated carbocycles. The third-order valence-electron chi connectivity index (χ3n) is 3.24. The lowest BCUT2D eigenvalue weighted by Gasteiger charge is -2.09. The molecule has 0 atom stereocenters. The highest BCUT2D eigenvalue weighted by Crippen LogP contribution is 2.11. The predicted molar refractivity (Wildman–Crippen MR) is 85.9 cm³/mol. The van der Waals surface area contributed by atoms with Gasteiger partial charge in [-0.25, -0.2) is 0 Å². The molecule has 0 saturated heterocycles. The summed E-state index contributed by atoms with van der Waals surface area (Å²) in [6.45, 7) is 6.37.